The SMILES string of the molecule is O=c1c2cc(I)ccc2nc(C=Cc2ccc(Cl)cc2)n1-c1c(Cl)cccc1Cl. The molecule has 0 amide bonds. The summed E-state index contributed by atoms with van der Waals surface area (Å²) in [6.07, 6.45) is 3.62. The van der Waals surface area contributed by atoms with E-state index in [0.29, 0.717) is 37.5 Å². The summed E-state index contributed by atoms with van der Waals surface area (Å²) in [6, 6.07) is 18.0. The molecule has 0 aliphatic carbocycles. The van der Waals surface area contributed by atoms with Gasteiger partial charge < -0.3 is 0 Å². The second-order valence-corrected chi connectivity index (χ2v) is 8.72. The van der Waals surface area contributed by atoms with E-state index in [4.69, 9.17) is 39.8 Å². The highest BCUT2D eigenvalue weighted by Crippen LogP contribution is 2.29. The minimum Gasteiger partial charge on any atom is -0.268 e. The zero-order chi connectivity index (χ0) is 20.5. The van der Waals surface area contributed by atoms with Gasteiger partial charge in [0.2, 0.25) is 0 Å². The third-order valence-corrected chi connectivity index (χ3v) is 5.85. The van der Waals surface area contributed by atoms with Crippen LogP contribution in [0, 0.1) is 3.57 Å². The molecule has 0 aliphatic heterocycles. The topological polar surface area (TPSA) is 34.9 Å². The molecule has 0 saturated heterocycles. The summed E-state index contributed by atoms with van der Waals surface area (Å²) in [5.41, 5.74) is 1.69. The van der Waals surface area contributed by atoms with Gasteiger partial charge in [0.15, 0.2) is 0 Å². The van der Waals surface area contributed by atoms with Crippen molar-refractivity contribution in [3.05, 3.63) is 101 Å². The molecule has 3 nitrogen and oxygen atoms in total. The fourth-order valence-corrected chi connectivity index (χ4v) is 4.13. The van der Waals surface area contributed by atoms with Gasteiger partial charge in [0, 0.05) is 8.59 Å². The Balaban J connectivity index is 2.00. The van der Waals surface area contributed by atoms with Crippen LogP contribution in [0.4, 0.5) is 0 Å². The molecule has 1 aromatic heterocycles. The van der Waals surface area contributed by atoms with E-state index in [1.165, 1.54) is 4.57 Å². The number of nitrogens with zero attached hydrogens (tertiary/aromatic N) is 2. The number of fused-ring (bicyclic) bond motifs is 1. The van der Waals surface area contributed by atoms with Gasteiger partial charge in [-0.3, -0.25) is 9.36 Å². The lowest BCUT2D eigenvalue weighted by molar-refractivity contribution is 0.944. The van der Waals surface area contributed by atoms with Crippen LogP contribution in [-0.4, -0.2) is 9.55 Å². The van der Waals surface area contributed by atoms with Gasteiger partial charge in [-0.15, -0.1) is 0 Å². The van der Waals surface area contributed by atoms with Gasteiger partial charge in [-0.2, -0.15) is 0 Å². The summed E-state index contributed by atoms with van der Waals surface area (Å²) >= 11 is 20.9. The van der Waals surface area contributed by atoms with Crippen molar-refractivity contribution in [1.29, 1.82) is 0 Å². The Bertz CT molecular complexity index is 1290. The van der Waals surface area contributed by atoms with Crippen LogP contribution < -0.4 is 5.56 Å². The van der Waals surface area contributed by atoms with Crippen molar-refractivity contribution < 1.29 is 0 Å². The molecule has 0 aliphatic rings. The molecular weight excluding hydrogens is 542 g/mol. The molecule has 0 atom stereocenters. The number of benzene rings is 3. The first kappa shape index (κ1) is 20.4. The minimum atomic E-state index is -0.237. The van der Waals surface area contributed by atoms with E-state index >= 15 is 0 Å². The number of hydrogen-bond acceptors (Lipinski definition) is 2. The third-order valence-electron chi connectivity index (χ3n) is 4.31. The van der Waals surface area contributed by atoms with Crippen molar-refractivity contribution in [3.63, 3.8) is 0 Å². The van der Waals surface area contributed by atoms with E-state index in [-0.39, 0.29) is 5.56 Å². The van der Waals surface area contributed by atoms with Crippen molar-refractivity contribution in [2.24, 2.45) is 0 Å². The largest absolute Gasteiger partial charge is 0.268 e. The van der Waals surface area contributed by atoms with E-state index < -0.39 is 0 Å². The second-order valence-electron chi connectivity index (χ2n) is 6.23. The Labute approximate surface area is 195 Å². The predicted molar refractivity (Wildman–Crippen MR) is 130 cm³/mol. The van der Waals surface area contributed by atoms with Crippen LogP contribution in [0.25, 0.3) is 28.7 Å². The molecule has 0 radical (unpaired) electrons. The Morgan fingerprint density at radius 2 is 1.59 bits per heavy atom. The lowest BCUT2D eigenvalue weighted by atomic mass is 10.2. The smallest absolute Gasteiger partial charge is 0.266 e. The highest BCUT2D eigenvalue weighted by molar-refractivity contribution is 14.1. The van der Waals surface area contributed by atoms with Gasteiger partial charge in [-0.1, -0.05) is 59.1 Å². The maximum absolute atomic E-state index is 13.4. The summed E-state index contributed by atoms with van der Waals surface area (Å²) < 4.78 is 2.39. The average Bonchev–Trinajstić information content (AvgIpc) is 2.70. The number of rotatable bonds is 3. The van der Waals surface area contributed by atoms with E-state index in [0.717, 1.165) is 9.13 Å². The van der Waals surface area contributed by atoms with Crippen LogP contribution in [-0.2, 0) is 0 Å². The van der Waals surface area contributed by atoms with Crippen LogP contribution in [0.2, 0.25) is 15.1 Å². The highest BCUT2D eigenvalue weighted by atomic mass is 127. The molecule has 0 N–H and O–H groups in total. The third kappa shape index (κ3) is 4.21. The normalized spacial score (nSPS) is 11.4. The Morgan fingerprint density at radius 1 is 0.897 bits per heavy atom. The van der Waals surface area contributed by atoms with Crippen molar-refractivity contribution in [2.45, 2.75) is 0 Å². The summed E-state index contributed by atoms with van der Waals surface area (Å²) in [4.78, 5) is 18.1. The van der Waals surface area contributed by atoms with Crippen LogP contribution in [0.3, 0.4) is 0 Å². The van der Waals surface area contributed by atoms with Crippen LogP contribution in [0.5, 0.6) is 0 Å². The number of aromatic nitrogens is 2. The summed E-state index contributed by atoms with van der Waals surface area (Å²) in [5, 5.41) is 1.89. The Kier molecular flexibility index (Phi) is 5.97. The zero-order valence-electron chi connectivity index (χ0n) is 14.7. The molecule has 29 heavy (non-hydrogen) atoms. The van der Waals surface area contributed by atoms with Crippen LogP contribution >= 0.6 is 57.4 Å². The van der Waals surface area contributed by atoms with Crippen molar-refractivity contribution in [2.75, 3.05) is 0 Å². The molecule has 4 rings (SSSR count). The summed E-state index contributed by atoms with van der Waals surface area (Å²) in [6.45, 7) is 0. The van der Waals surface area contributed by atoms with Gasteiger partial charge in [0.25, 0.3) is 5.56 Å². The Hall–Kier alpha value is -1.86. The lowest BCUT2D eigenvalue weighted by Gasteiger charge is -2.14. The number of halogens is 4. The quantitative estimate of drug-likeness (QED) is 0.253. The lowest BCUT2D eigenvalue weighted by Crippen LogP contribution is -2.23. The molecule has 3 aromatic carbocycles. The van der Waals surface area contributed by atoms with E-state index in [1.807, 2.05) is 30.3 Å². The highest BCUT2D eigenvalue weighted by Gasteiger charge is 2.16. The van der Waals surface area contributed by atoms with Gasteiger partial charge in [-0.25, -0.2) is 4.98 Å². The van der Waals surface area contributed by atoms with Crippen molar-refractivity contribution in [1.82, 2.24) is 9.55 Å². The molecule has 1 heterocycles. The summed E-state index contributed by atoms with van der Waals surface area (Å²) in [5.74, 6) is 0.425. The minimum absolute atomic E-state index is 0.237. The van der Waals surface area contributed by atoms with Gasteiger partial charge in [-0.05, 0) is 76.7 Å². The average molecular weight is 554 g/mol. The van der Waals surface area contributed by atoms with Gasteiger partial charge in [0.05, 0.1) is 26.6 Å². The first-order valence-corrected chi connectivity index (χ1v) is 10.8. The second kappa shape index (κ2) is 8.48. The molecule has 0 fully saturated rings. The molecule has 0 saturated carbocycles. The molecule has 144 valence electrons. The molecule has 0 unspecified atom stereocenters. The first-order chi connectivity index (χ1) is 13.9. The molecular formula is C22H12Cl3IN2O. The van der Waals surface area contributed by atoms with E-state index in [1.54, 1.807) is 42.5 Å². The molecule has 0 spiro atoms. The zero-order valence-corrected chi connectivity index (χ0v) is 19.2. The fraction of sp³-hybridized carbons (Fsp3) is 0. The summed E-state index contributed by atoms with van der Waals surface area (Å²) in [7, 11) is 0. The molecule has 0 bridgehead atoms. The maximum Gasteiger partial charge on any atom is 0.266 e. The number of hydrogen-bond donors (Lipinski definition) is 0. The van der Waals surface area contributed by atoms with E-state index in [9.17, 15) is 4.79 Å². The van der Waals surface area contributed by atoms with Crippen LogP contribution in [0.1, 0.15) is 11.4 Å². The first-order valence-electron chi connectivity index (χ1n) is 8.54. The predicted octanol–water partition coefficient (Wildman–Crippen LogP) is 7.12. The number of para-hydroxylation sites is 1. The van der Waals surface area contributed by atoms with Crippen molar-refractivity contribution in [3.8, 4) is 5.69 Å². The fourth-order valence-electron chi connectivity index (χ4n) is 2.95. The van der Waals surface area contributed by atoms with E-state index in [2.05, 4.69) is 22.6 Å². The van der Waals surface area contributed by atoms with Crippen molar-refractivity contribution >= 4 is 80.4 Å². The molecule has 4 aromatic rings. The Morgan fingerprint density at radius 3 is 2.28 bits per heavy atom. The van der Waals surface area contributed by atoms with Gasteiger partial charge >= 0.3 is 0 Å². The monoisotopic (exact) mass is 552 g/mol. The van der Waals surface area contributed by atoms with Gasteiger partial charge in [0.1, 0.15) is 5.82 Å². The van der Waals surface area contributed by atoms with Crippen LogP contribution in [0.15, 0.2) is 65.5 Å². The molecule has 7 heteroatoms. The standard InChI is InChI=1S/C22H12Cl3IN2O/c23-14-7-4-13(5-8-14)6-11-20-27-19-10-9-15(26)12-16(19)22(29)28(20)21-17(24)2-1-3-18(21)25/h1-12H. The maximum atomic E-state index is 13.4.